The lowest BCUT2D eigenvalue weighted by molar-refractivity contribution is 0.0202. The van der Waals surface area contributed by atoms with Gasteiger partial charge in [0.05, 0.1) is 6.10 Å². The lowest BCUT2D eigenvalue weighted by atomic mass is 9.68. The second-order valence-corrected chi connectivity index (χ2v) is 8.04. The summed E-state index contributed by atoms with van der Waals surface area (Å²) in [5, 5.41) is 0. The molecule has 24 heavy (non-hydrogen) atoms. The van der Waals surface area contributed by atoms with Crippen LogP contribution in [-0.2, 0) is 15.6 Å². The molecule has 0 aliphatic heterocycles. The van der Waals surface area contributed by atoms with Crippen molar-refractivity contribution in [2.75, 3.05) is 7.11 Å². The Morgan fingerprint density at radius 2 is 1.17 bits per heavy atom. The Kier molecular flexibility index (Phi) is 5.87. The van der Waals surface area contributed by atoms with Crippen LogP contribution < -0.4 is 0 Å². The first-order valence-electron chi connectivity index (χ1n) is 8.94. The topological polar surface area (TPSA) is 9.23 Å². The van der Waals surface area contributed by atoms with Crippen LogP contribution in [0, 0.1) is 5.92 Å². The van der Waals surface area contributed by atoms with E-state index in [1.807, 2.05) is 7.11 Å². The van der Waals surface area contributed by atoms with Crippen molar-refractivity contribution in [3.05, 3.63) is 71.8 Å². The van der Waals surface area contributed by atoms with Crippen LogP contribution in [0.4, 0.5) is 0 Å². The average Bonchev–Trinajstić information content (AvgIpc) is 2.60. The zero-order valence-electron chi connectivity index (χ0n) is 16.0. The van der Waals surface area contributed by atoms with E-state index in [-0.39, 0.29) is 16.9 Å². The lowest BCUT2D eigenvalue weighted by Crippen LogP contribution is -2.39. The largest absolute Gasteiger partial charge is 0.381 e. The molecule has 0 radical (unpaired) electrons. The summed E-state index contributed by atoms with van der Waals surface area (Å²) in [6, 6.07) is 21.5. The first-order chi connectivity index (χ1) is 11.3. The van der Waals surface area contributed by atoms with Gasteiger partial charge in [-0.25, -0.2) is 0 Å². The van der Waals surface area contributed by atoms with Gasteiger partial charge in [0.25, 0.3) is 0 Å². The number of rotatable bonds is 7. The standard InChI is InChI=1S/C23H32O/c1-18(22(2,3)19-13-9-7-10-14-19)17-21(24-6)23(4,5)20-15-11-8-12-16-20/h7-16,18,21H,17H2,1-6H3. The quantitative estimate of drug-likeness (QED) is 0.608. The van der Waals surface area contributed by atoms with Crippen LogP contribution in [-0.4, -0.2) is 13.2 Å². The Morgan fingerprint density at radius 3 is 1.58 bits per heavy atom. The number of benzene rings is 2. The van der Waals surface area contributed by atoms with Gasteiger partial charge in [-0.3, -0.25) is 0 Å². The fraction of sp³-hybridized carbons (Fsp3) is 0.478. The molecule has 0 aromatic heterocycles. The molecule has 0 amide bonds. The van der Waals surface area contributed by atoms with Crippen molar-refractivity contribution < 1.29 is 4.74 Å². The van der Waals surface area contributed by atoms with E-state index in [4.69, 9.17) is 4.74 Å². The van der Waals surface area contributed by atoms with Gasteiger partial charge in [0.1, 0.15) is 0 Å². The Balaban J connectivity index is 2.20. The highest BCUT2D eigenvalue weighted by molar-refractivity contribution is 5.27. The van der Waals surface area contributed by atoms with Crippen molar-refractivity contribution >= 4 is 0 Å². The van der Waals surface area contributed by atoms with E-state index in [2.05, 4.69) is 95.3 Å². The molecule has 0 N–H and O–H groups in total. The normalized spacial score (nSPS) is 15.1. The summed E-state index contributed by atoms with van der Waals surface area (Å²) in [7, 11) is 1.84. The fourth-order valence-electron chi connectivity index (χ4n) is 3.51. The number of hydrogen-bond donors (Lipinski definition) is 0. The third-order valence-electron chi connectivity index (χ3n) is 5.92. The van der Waals surface area contributed by atoms with E-state index >= 15 is 0 Å². The maximum Gasteiger partial charge on any atom is 0.0665 e. The van der Waals surface area contributed by atoms with Crippen LogP contribution in [0.25, 0.3) is 0 Å². The Bertz CT molecular complexity index is 613. The highest BCUT2D eigenvalue weighted by Gasteiger charge is 2.36. The van der Waals surface area contributed by atoms with Gasteiger partial charge in [0.2, 0.25) is 0 Å². The van der Waals surface area contributed by atoms with Gasteiger partial charge in [-0.1, -0.05) is 95.3 Å². The van der Waals surface area contributed by atoms with E-state index in [1.165, 1.54) is 11.1 Å². The summed E-state index contributed by atoms with van der Waals surface area (Å²) < 4.78 is 5.97. The van der Waals surface area contributed by atoms with Crippen molar-refractivity contribution in [3.63, 3.8) is 0 Å². The molecule has 130 valence electrons. The minimum atomic E-state index is -0.0168. The Morgan fingerprint density at radius 1 is 0.750 bits per heavy atom. The molecule has 0 spiro atoms. The molecule has 0 heterocycles. The van der Waals surface area contributed by atoms with Crippen molar-refractivity contribution in [2.24, 2.45) is 5.92 Å². The number of methoxy groups -OCH3 is 1. The fourth-order valence-corrected chi connectivity index (χ4v) is 3.51. The van der Waals surface area contributed by atoms with Crippen LogP contribution in [0.2, 0.25) is 0 Å². The zero-order valence-corrected chi connectivity index (χ0v) is 16.0. The summed E-state index contributed by atoms with van der Waals surface area (Å²) in [5.41, 5.74) is 2.83. The zero-order chi connectivity index (χ0) is 17.8. The number of hydrogen-bond acceptors (Lipinski definition) is 1. The molecule has 2 aromatic rings. The van der Waals surface area contributed by atoms with Crippen molar-refractivity contribution in [1.29, 1.82) is 0 Å². The van der Waals surface area contributed by atoms with E-state index in [0.29, 0.717) is 5.92 Å². The summed E-state index contributed by atoms with van der Waals surface area (Å²) >= 11 is 0. The molecule has 2 unspecified atom stereocenters. The van der Waals surface area contributed by atoms with Crippen molar-refractivity contribution in [1.82, 2.24) is 0 Å². The first-order valence-corrected chi connectivity index (χ1v) is 8.94. The predicted octanol–water partition coefficient (Wildman–Crippen LogP) is 5.98. The SMILES string of the molecule is COC(CC(C)C(C)(C)c1ccccc1)C(C)(C)c1ccccc1. The van der Waals surface area contributed by atoms with Crippen LogP contribution in [0.5, 0.6) is 0 Å². The van der Waals surface area contributed by atoms with Gasteiger partial charge < -0.3 is 4.74 Å². The van der Waals surface area contributed by atoms with Crippen LogP contribution in [0.15, 0.2) is 60.7 Å². The molecule has 1 heteroatoms. The van der Waals surface area contributed by atoms with Gasteiger partial charge in [-0.15, -0.1) is 0 Å². The van der Waals surface area contributed by atoms with Gasteiger partial charge in [0, 0.05) is 12.5 Å². The third-order valence-corrected chi connectivity index (χ3v) is 5.92. The maximum absolute atomic E-state index is 5.97. The van der Waals surface area contributed by atoms with E-state index in [1.54, 1.807) is 0 Å². The van der Waals surface area contributed by atoms with E-state index < -0.39 is 0 Å². The molecule has 0 aliphatic rings. The van der Waals surface area contributed by atoms with Crippen LogP contribution in [0.1, 0.15) is 52.2 Å². The van der Waals surface area contributed by atoms with Gasteiger partial charge in [-0.05, 0) is 28.9 Å². The molecule has 1 nitrogen and oxygen atoms in total. The van der Waals surface area contributed by atoms with Crippen molar-refractivity contribution in [2.45, 2.75) is 58.0 Å². The second-order valence-electron chi connectivity index (χ2n) is 8.04. The first kappa shape index (κ1) is 18.7. The van der Waals surface area contributed by atoms with E-state index in [0.717, 1.165) is 6.42 Å². The summed E-state index contributed by atoms with van der Waals surface area (Å²) in [6.45, 7) is 11.6. The summed E-state index contributed by atoms with van der Waals surface area (Å²) in [6.07, 6.45) is 1.21. The average molecular weight is 325 g/mol. The highest BCUT2D eigenvalue weighted by Crippen LogP contribution is 2.39. The summed E-state index contributed by atoms with van der Waals surface area (Å²) in [5.74, 6) is 0.507. The molecule has 2 aromatic carbocycles. The Hall–Kier alpha value is -1.60. The molecule has 0 fully saturated rings. The lowest BCUT2D eigenvalue weighted by Gasteiger charge is -2.40. The third kappa shape index (κ3) is 3.89. The monoisotopic (exact) mass is 324 g/mol. The molecular weight excluding hydrogens is 292 g/mol. The van der Waals surface area contributed by atoms with Crippen LogP contribution >= 0.6 is 0 Å². The number of ether oxygens (including phenoxy) is 1. The molecular formula is C23H32O. The molecule has 2 atom stereocenters. The minimum absolute atomic E-state index is 0.0168. The second kappa shape index (κ2) is 7.53. The van der Waals surface area contributed by atoms with Crippen molar-refractivity contribution in [3.8, 4) is 0 Å². The van der Waals surface area contributed by atoms with Gasteiger partial charge in [-0.2, -0.15) is 0 Å². The maximum atomic E-state index is 5.97. The molecule has 0 aliphatic carbocycles. The smallest absolute Gasteiger partial charge is 0.0665 e. The molecule has 0 saturated heterocycles. The van der Waals surface area contributed by atoms with Gasteiger partial charge in [0.15, 0.2) is 0 Å². The summed E-state index contributed by atoms with van der Waals surface area (Å²) in [4.78, 5) is 0. The predicted molar refractivity (Wildman–Crippen MR) is 104 cm³/mol. The minimum Gasteiger partial charge on any atom is -0.381 e. The highest BCUT2D eigenvalue weighted by atomic mass is 16.5. The van der Waals surface area contributed by atoms with Gasteiger partial charge >= 0.3 is 0 Å². The van der Waals surface area contributed by atoms with E-state index in [9.17, 15) is 0 Å². The molecule has 2 rings (SSSR count). The molecule has 0 bridgehead atoms. The van der Waals surface area contributed by atoms with Crippen LogP contribution in [0.3, 0.4) is 0 Å². The Labute approximate surface area is 148 Å². The molecule has 0 saturated carbocycles.